The lowest BCUT2D eigenvalue weighted by atomic mass is 10.2. The zero-order valence-electron chi connectivity index (χ0n) is 11.0. The summed E-state index contributed by atoms with van der Waals surface area (Å²) in [6, 6.07) is 5.46. The number of anilines is 1. The number of carbonyl (C=O) groups excluding carboxylic acids is 1. The van der Waals surface area contributed by atoms with Gasteiger partial charge in [0, 0.05) is 11.8 Å². The van der Waals surface area contributed by atoms with Crippen molar-refractivity contribution in [3.8, 4) is 0 Å². The van der Waals surface area contributed by atoms with Crippen LogP contribution in [0.1, 0.15) is 13.3 Å². The van der Waals surface area contributed by atoms with Crippen molar-refractivity contribution in [1.29, 1.82) is 0 Å². The maximum Gasteiger partial charge on any atom is 0.238 e. The normalized spacial score (nSPS) is 12.2. The van der Waals surface area contributed by atoms with Crippen LogP contribution in [-0.4, -0.2) is 30.5 Å². The van der Waals surface area contributed by atoms with Gasteiger partial charge in [-0.25, -0.2) is 0 Å². The maximum absolute atomic E-state index is 11.8. The third kappa shape index (κ3) is 5.61. The lowest BCUT2D eigenvalue weighted by molar-refractivity contribution is -0.115. The Morgan fingerprint density at radius 3 is 2.53 bits per heavy atom. The fraction of sp³-hybridized carbons (Fsp3) is 0.462. The third-order valence-electron chi connectivity index (χ3n) is 2.64. The Bertz CT molecular complexity index is 409. The number of halogens is 2. The number of rotatable bonds is 7. The van der Waals surface area contributed by atoms with Crippen LogP contribution in [0.25, 0.3) is 0 Å². The summed E-state index contributed by atoms with van der Waals surface area (Å²) in [6.07, 6.45) is 3.04. The van der Waals surface area contributed by atoms with E-state index in [0.29, 0.717) is 21.8 Å². The molecule has 0 saturated carbocycles. The molecule has 0 aliphatic heterocycles. The van der Waals surface area contributed by atoms with Crippen LogP contribution < -0.4 is 10.6 Å². The van der Waals surface area contributed by atoms with Gasteiger partial charge in [-0.2, -0.15) is 11.8 Å². The number of carbonyl (C=O) groups is 1. The SMILES string of the molecule is CCC(CSC)NCC(=O)Nc1c(Cl)cccc1Cl. The summed E-state index contributed by atoms with van der Waals surface area (Å²) in [5, 5.41) is 6.82. The summed E-state index contributed by atoms with van der Waals surface area (Å²) in [7, 11) is 0. The van der Waals surface area contributed by atoms with Crippen molar-refractivity contribution >= 4 is 46.6 Å². The van der Waals surface area contributed by atoms with Crippen LogP contribution in [0, 0.1) is 0 Å². The van der Waals surface area contributed by atoms with Gasteiger partial charge >= 0.3 is 0 Å². The molecule has 106 valence electrons. The number of para-hydroxylation sites is 1. The fourth-order valence-electron chi connectivity index (χ4n) is 1.56. The minimum absolute atomic E-state index is 0.144. The molecule has 1 amide bonds. The van der Waals surface area contributed by atoms with E-state index in [4.69, 9.17) is 23.2 Å². The highest BCUT2D eigenvalue weighted by Gasteiger charge is 2.11. The molecular formula is C13H18Cl2N2OS. The summed E-state index contributed by atoms with van der Waals surface area (Å²) >= 11 is 13.7. The van der Waals surface area contributed by atoms with Gasteiger partial charge in [-0.3, -0.25) is 4.79 Å². The molecule has 19 heavy (non-hydrogen) atoms. The molecule has 0 aromatic heterocycles. The van der Waals surface area contributed by atoms with Crippen molar-refractivity contribution in [2.75, 3.05) is 23.9 Å². The van der Waals surface area contributed by atoms with Crippen molar-refractivity contribution in [1.82, 2.24) is 5.32 Å². The minimum atomic E-state index is -0.144. The second-order valence-electron chi connectivity index (χ2n) is 4.09. The molecule has 1 atom stereocenters. The van der Waals surface area contributed by atoms with Crippen molar-refractivity contribution < 1.29 is 4.79 Å². The molecule has 1 aromatic carbocycles. The zero-order chi connectivity index (χ0) is 14.3. The van der Waals surface area contributed by atoms with Gasteiger partial charge < -0.3 is 10.6 Å². The minimum Gasteiger partial charge on any atom is -0.322 e. The van der Waals surface area contributed by atoms with E-state index in [0.717, 1.165) is 12.2 Å². The molecule has 1 rings (SSSR count). The van der Waals surface area contributed by atoms with Gasteiger partial charge in [0.1, 0.15) is 0 Å². The van der Waals surface area contributed by atoms with Crippen molar-refractivity contribution in [3.63, 3.8) is 0 Å². The van der Waals surface area contributed by atoms with E-state index in [9.17, 15) is 4.79 Å². The molecular weight excluding hydrogens is 303 g/mol. The van der Waals surface area contributed by atoms with Gasteiger partial charge in [-0.05, 0) is 24.8 Å². The molecule has 6 heteroatoms. The standard InChI is InChI=1S/C13H18Cl2N2OS/c1-3-9(8-19-2)16-7-12(18)17-13-10(14)5-4-6-11(13)15/h4-6,9,16H,3,7-8H2,1-2H3,(H,17,18). The molecule has 0 fully saturated rings. The van der Waals surface area contributed by atoms with E-state index < -0.39 is 0 Å². The highest BCUT2D eigenvalue weighted by molar-refractivity contribution is 7.98. The van der Waals surface area contributed by atoms with E-state index in [-0.39, 0.29) is 12.5 Å². The summed E-state index contributed by atoms with van der Waals surface area (Å²) in [4.78, 5) is 11.8. The Balaban J connectivity index is 2.51. The molecule has 0 spiro atoms. The number of hydrogen-bond donors (Lipinski definition) is 2. The molecule has 0 bridgehead atoms. The number of thioether (sulfide) groups is 1. The number of benzene rings is 1. The Morgan fingerprint density at radius 2 is 2.00 bits per heavy atom. The van der Waals surface area contributed by atoms with Crippen LogP contribution in [0.3, 0.4) is 0 Å². The van der Waals surface area contributed by atoms with E-state index >= 15 is 0 Å². The fourth-order valence-corrected chi connectivity index (χ4v) is 2.81. The van der Waals surface area contributed by atoms with Crippen LogP contribution in [0.2, 0.25) is 10.0 Å². The number of nitrogens with one attached hydrogen (secondary N) is 2. The largest absolute Gasteiger partial charge is 0.322 e. The van der Waals surface area contributed by atoms with Crippen LogP contribution in [0.15, 0.2) is 18.2 Å². The van der Waals surface area contributed by atoms with Crippen LogP contribution in [0.4, 0.5) is 5.69 Å². The smallest absolute Gasteiger partial charge is 0.238 e. The first-order valence-corrected chi connectivity index (χ1v) is 8.19. The Labute approximate surface area is 128 Å². The lowest BCUT2D eigenvalue weighted by Crippen LogP contribution is -2.37. The topological polar surface area (TPSA) is 41.1 Å². The van der Waals surface area contributed by atoms with E-state index in [1.807, 2.05) is 6.26 Å². The quantitative estimate of drug-likeness (QED) is 0.805. The summed E-state index contributed by atoms with van der Waals surface area (Å²) in [5.74, 6) is 0.839. The number of amides is 1. The number of hydrogen-bond acceptors (Lipinski definition) is 3. The Morgan fingerprint density at radius 1 is 1.37 bits per heavy atom. The molecule has 0 heterocycles. The van der Waals surface area contributed by atoms with Gasteiger partial charge in [-0.15, -0.1) is 0 Å². The first kappa shape index (κ1) is 16.6. The van der Waals surface area contributed by atoms with Gasteiger partial charge in [0.2, 0.25) is 5.91 Å². The van der Waals surface area contributed by atoms with Crippen LogP contribution in [0.5, 0.6) is 0 Å². The second kappa shape index (κ2) is 8.69. The van der Waals surface area contributed by atoms with Gasteiger partial charge in [0.15, 0.2) is 0 Å². The van der Waals surface area contributed by atoms with Crippen molar-refractivity contribution in [2.24, 2.45) is 0 Å². The van der Waals surface area contributed by atoms with Gasteiger partial charge in [-0.1, -0.05) is 36.2 Å². The van der Waals surface area contributed by atoms with Crippen molar-refractivity contribution in [2.45, 2.75) is 19.4 Å². The molecule has 0 aliphatic carbocycles. The summed E-state index contributed by atoms with van der Waals surface area (Å²) in [5.41, 5.74) is 0.468. The molecule has 0 aliphatic rings. The molecule has 0 radical (unpaired) electrons. The van der Waals surface area contributed by atoms with Gasteiger partial charge in [0.25, 0.3) is 0 Å². The third-order valence-corrected chi connectivity index (χ3v) is 4.00. The predicted octanol–water partition coefficient (Wildman–Crippen LogP) is 3.66. The average molecular weight is 321 g/mol. The summed E-state index contributed by atoms with van der Waals surface area (Å²) < 4.78 is 0. The first-order valence-electron chi connectivity index (χ1n) is 6.04. The molecule has 2 N–H and O–H groups in total. The molecule has 1 aromatic rings. The van der Waals surface area contributed by atoms with Crippen LogP contribution in [-0.2, 0) is 4.79 Å². The highest BCUT2D eigenvalue weighted by Crippen LogP contribution is 2.29. The molecule has 3 nitrogen and oxygen atoms in total. The maximum atomic E-state index is 11.8. The molecule has 0 saturated heterocycles. The highest BCUT2D eigenvalue weighted by atomic mass is 35.5. The molecule has 1 unspecified atom stereocenters. The first-order chi connectivity index (χ1) is 9.08. The second-order valence-corrected chi connectivity index (χ2v) is 5.81. The monoisotopic (exact) mass is 320 g/mol. The average Bonchev–Trinajstić information content (AvgIpc) is 2.39. The van der Waals surface area contributed by atoms with Crippen molar-refractivity contribution in [3.05, 3.63) is 28.2 Å². The Hall–Kier alpha value is -0.420. The van der Waals surface area contributed by atoms with E-state index in [1.165, 1.54) is 0 Å². The Kier molecular flexibility index (Phi) is 7.61. The van der Waals surface area contributed by atoms with Gasteiger partial charge in [0.05, 0.1) is 22.3 Å². The van der Waals surface area contributed by atoms with E-state index in [2.05, 4.69) is 17.6 Å². The predicted molar refractivity (Wildman–Crippen MR) is 85.6 cm³/mol. The van der Waals surface area contributed by atoms with E-state index in [1.54, 1.807) is 30.0 Å². The lowest BCUT2D eigenvalue weighted by Gasteiger charge is -2.16. The summed E-state index contributed by atoms with van der Waals surface area (Å²) in [6.45, 7) is 2.34. The zero-order valence-corrected chi connectivity index (χ0v) is 13.3. The van der Waals surface area contributed by atoms with Crippen LogP contribution >= 0.6 is 35.0 Å².